The van der Waals surface area contributed by atoms with Crippen molar-refractivity contribution in [3.63, 3.8) is 0 Å². The minimum atomic E-state index is -0.0300. The summed E-state index contributed by atoms with van der Waals surface area (Å²) in [5.41, 5.74) is 1.77. The maximum atomic E-state index is 12.7. The number of aryl methyl sites for hydroxylation is 1. The van der Waals surface area contributed by atoms with Crippen molar-refractivity contribution in [2.24, 2.45) is 18.9 Å². The van der Waals surface area contributed by atoms with Gasteiger partial charge >= 0.3 is 5.69 Å². The van der Waals surface area contributed by atoms with Crippen molar-refractivity contribution in [2.45, 2.75) is 32.2 Å². The summed E-state index contributed by atoms with van der Waals surface area (Å²) >= 11 is 0. The molecule has 3 aromatic rings. The number of amides is 1. The van der Waals surface area contributed by atoms with Gasteiger partial charge in [-0.3, -0.25) is 13.9 Å². The number of benzene rings is 1. The molecule has 0 aliphatic heterocycles. The Morgan fingerprint density at radius 3 is 2.69 bits per heavy atom. The Hall–Kier alpha value is -3.16. The van der Waals surface area contributed by atoms with E-state index in [2.05, 4.69) is 15.5 Å². The summed E-state index contributed by atoms with van der Waals surface area (Å²) in [7, 11) is 3.42. The van der Waals surface area contributed by atoms with E-state index < -0.39 is 0 Å². The molecular formula is C21H25N5O3. The number of nitrogens with zero attached hydrogens (tertiary/aromatic N) is 4. The molecule has 1 fully saturated rings. The van der Waals surface area contributed by atoms with E-state index in [0.29, 0.717) is 18.3 Å². The first-order chi connectivity index (χ1) is 14.1. The molecule has 0 bridgehead atoms. The summed E-state index contributed by atoms with van der Waals surface area (Å²) in [5.74, 6) is 1.55. The van der Waals surface area contributed by atoms with E-state index in [-0.39, 0.29) is 17.5 Å². The summed E-state index contributed by atoms with van der Waals surface area (Å²) in [5, 5.41) is 10.5. The van der Waals surface area contributed by atoms with Crippen LogP contribution >= 0.6 is 0 Å². The lowest BCUT2D eigenvalue weighted by Gasteiger charge is -2.27. The van der Waals surface area contributed by atoms with Crippen molar-refractivity contribution >= 4 is 22.8 Å². The fourth-order valence-electron chi connectivity index (χ4n) is 4.16. The van der Waals surface area contributed by atoms with E-state index in [4.69, 9.17) is 4.74 Å². The van der Waals surface area contributed by atoms with Gasteiger partial charge < -0.3 is 10.1 Å². The van der Waals surface area contributed by atoms with Crippen LogP contribution in [-0.2, 0) is 18.4 Å². The molecule has 2 aromatic heterocycles. The summed E-state index contributed by atoms with van der Waals surface area (Å²) in [4.78, 5) is 25.2. The van der Waals surface area contributed by atoms with Gasteiger partial charge in [-0.1, -0.05) is 0 Å². The second-order valence-corrected chi connectivity index (χ2v) is 7.62. The van der Waals surface area contributed by atoms with Crippen LogP contribution in [0.15, 0.2) is 41.3 Å². The Kier molecular flexibility index (Phi) is 5.33. The maximum Gasteiger partial charge on any atom is 0.328 e. The van der Waals surface area contributed by atoms with Crippen molar-refractivity contribution in [3.8, 4) is 5.75 Å². The molecule has 2 heterocycles. The summed E-state index contributed by atoms with van der Waals surface area (Å²) in [6, 6.07) is 9.18. The van der Waals surface area contributed by atoms with Gasteiger partial charge in [-0.05, 0) is 55.9 Å². The highest BCUT2D eigenvalue weighted by Crippen LogP contribution is 2.31. The number of methoxy groups -OCH3 is 1. The van der Waals surface area contributed by atoms with E-state index in [9.17, 15) is 9.59 Å². The number of rotatable bonds is 5. The molecule has 1 amide bonds. The van der Waals surface area contributed by atoms with Crippen molar-refractivity contribution in [1.29, 1.82) is 0 Å². The lowest BCUT2D eigenvalue weighted by Crippen LogP contribution is -2.31. The van der Waals surface area contributed by atoms with Crippen LogP contribution in [0.2, 0.25) is 0 Å². The molecule has 8 heteroatoms. The average molecular weight is 395 g/mol. The Morgan fingerprint density at radius 1 is 1.21 bits per heavy atom. The first-order valence-electron chi connectivity index (χ1n) is 9.88. The van der Waals surface area contributed by atoms with Gasteiger partial charge in [-0.15, -0.1) is 5.10 Å². The lowest BCUT2D eigenvalue weighted by molar-refractivity contribution is -0.121. The molecule has 29 heavy (non-hydrogen) atoms. The van der Waals surface area contributed by atoms with E-state index in [0.717, 1.165) is 42.5 Å². The summed E-state index contributed by atoms with van der Waals surface area (Å²) in [6.07, 6.45) is 5.00. The van der Waals surface area contributed by atoms with Gasteiger partial charge in [0.2, 0.25) is 5.91 Å². The average Bonchev–Trinajstić information content (AvgIpc) is 2.99. The summed E-state index contributed by atoms with van der Waals surface area (Å²) < 4.78 is 8.84. The van der Waals surface area contributed by atoms with E-state index >= 15 is 0 Å². The molecule has 152 valence electrons. The molecule has 0 saturated heterocycles. The SMILES string of the molecule is COc1ccc2c(c1)n(CC1CCC(C(=O)Nc3cccnn3)CC1)c(=O)n2C. The number of ether oxygens (including phenoxy) is 1. The highest BCUT2D eigenvalue weighted by atomic mass is 16.5. The third kappa shape index (κ3) is 3.87. The molecule has 0 radical (unpaired) electrons. The van der Waals surface area contributed by atoms with Gasteiger partial charge in [0.15, 0.2) is 5.82 Å². The van der Waals surface area contributed by atoms with E-state index in [1.54, 1.807) is 37.1 Å². The molecule has 1 aliphatic carbocycles. The van der Waals surface area contributed by atoms with Crippen molar-refractivity contribution in [2.75, 3.05) is 12.4 Å². The Morgan fingerprint density at radius 2 is 2.00 bits per heavy atom. The van der Waals surface area contributed by atoms with Crippen LogP contribution in [0.25, 0.3) is 11.0 Å². The van der Waals surface area contributed by atoms with Gasteiger partial charge in [0, 0.05) is 31.8 Å². The standard InChI is InChI=1S/C21H25N5O3/c1-25-17-10-9-16(29-2)12-18(17)26(21(25)28)13-14-5-7-15(8-6-14)20(27)23-19-4-3-11-22-24-19/h3-4,9-12,14-15H,5-8,13H2,1-2H3,(H,23,24,27). The smallest absolute Gasteiger partial charge is 0.328 e. The zero-order valence-corrected chi connectivity index (χ0v) is 16.7. The number of hydrogen-bond donors (Lipinski definition) is 1. The minimum absolute atomic E-state index is 0.00369. The van der Waals surface area contributed by atoms with Crippen molar-refractivity contribution < 1.29 is 9.53 Å². The van der Waals surface area contributed by atoms with Crippen molar-refractivity contribution in [3.05, 3.63) is 47.0 Å². The van der Waals surface area contributed by atoms with Gasteiger partial charge in [-0.25, -0.2) is 4.79 Å². The molecule has 1 aliphatic rings. The summed E-state index contributed by atoms with van der Waals surface area (Å²) in [6.45, 7) is 0.655. The van der Waals surface area contributed by atoms with E-state index in [1.165, 1.54) is 0 Å². The third-order valence-electron chi connectivity index (χ3n) is 5.83. The van der Waals surface area contributed by atoms with Gasteiger partial charge in [0.25, 0.3) is 0 Å². The molecule has 1 aromatic carbocycles. The van der Waals surface area contributed by atoms with Crippen LogP contribution in [0.5, 0.6) is 5.75 Å². The predicted molar refractivity (Wildman–Crippen MR) is 110 cm³/mol. The number of aromatic nitrogens is 4. The molecule has 1 saturated carbocycles. The van der Waals surface area contributed by atoms with Crippen LogP contribution in [0, 0.1) is 11.8 Å². The van der Waals surface area contributed by atoms with Crippen LogP contribution in [0.1, 0.15) is 25.7 Å². The third-order valence-corrected chi connectivity index (χ3v) is 5.83. The fourth-order valence-corrected chi connectivity index (χ4v) is 4.16. The number of anilines is 1. The van der Waals surface area contributed by atoms with Crippen LogP contribution in [0.3, 0.4) is 0 Å². The van der Waals surface area contributed by atoms with E-state index in [1.807, 2.05) is 22.8 Å². The van der Waals surface area contributed by atoms with Gasteiger partial charge in [0.05, 0.1) is 18.1 Å². The molecule has 0 spiro atoms. The second-order valence-electron chi connectivity index (χ2n) is 7.62. The highest BCUT2D eigenvalue weighted by Gasteiger charge is 2.27. The molecule has 8 nitrogen and oxygen atoms in total. The Bertz CT molecular complexity index is 1070. The number of imidazole rings is 1. The zero-order chi connectivity index (χ0) is 20.4. The Balaban J connectivity index is 1.43. The minimum Gasteiger partial charge on any atom is -0.497 e. The molecular weight excluding hydrogens is 370 g/mol. The van der Waals surface area contributed by atoms with Crippen LogP contribution < -0.4 is 15.7 Å². The topological polar surface area (TPSA) is 91.0 Å². The quantitative estimate of drug-likeness (QED) is 0.717. The zero-order valence-electron chi connectivity index (χ0n) is 16.7. The molecule has 4 rings (SSSR count). The number of hydrogen-bond acceptors (Lipinski definition) is 5. The Labute approximate surface area is 168 Å². The molecule has 1 N–H and O–H groups in total. The normalized spacial score (nSPS) is 19.2. The van der Waals surface area contributed by atoms with Gasteiger partial charge in [-0.2, -0.15) is 5.10 Å². The van der Waals surface area contributed by atoms with Crippen LogP contribution in [-0.4, -0.2) is 32.3 Å². The maximum absolute atomic E-state index is 12.7. The first-order valence-corrected chi connectivity index (χ1v) is 9.88. The number of fused-ring (bicyclic) bond motifs is 1. The molecule has 0 atom stereocenters. The second kappa shape index (κ2) is 8.06. The first kappa shape index (κ1) is 19.2. The van der Waals surface area contributed by atoms with Crippen LogP contribution in [0.4, 0.5) is 5.82 Å². The van der Waals surface area contributed by atoms with Crippen molar-refractivity contribution in [1.82, 2.24) is 19.3 Å². The lowest BCUT2D eigenvalue weighted by atomic mass is 9.81. The van der Waals surface area contributed by atoms with Gasteiger partial charge in [0.1, 0.15) is 5.75 Å². The predicted octanol–water partition coefficient (Wildman–Crippen LogP) is 2.58. The fraction of sp³-hybridized carbons (Fsp3) is 0.429. The number of carbonyl (C=O) groups is 1. The monoisotopic (exact) mass is 395 g/mol. The highest BCUT2D eigenvalue weighted by molar-refractivity contribution is 5.91. The largest absolute Gasteiger partial charge is 0.497 e. The number of carbonyl (C=O) groups excluding carboxylic acids is 1. The molecule has 0 unspecified atom stereocenters. The number of nitrogens with one attached hydrogen (secondary N) is 1.